The van der Waals surface area contributed by atoms with Crippen molar-refractivity contribution in [1.82, 2.24) is 5.01 Å². The van der Waals surface area contributed by atoms with Crippen LogP contribution in [0.4, 0.5) is 10.1 Å². The number of nitrogens with one attached hydrogen (secondary N) is 1. The number of ether oxygens (including phenoxy) is 2. The highest BCUT2D eigenvalue weighted by Gasteiger charge is 2.39. The Kier molecular flexibility index (Phi) is 7.88. The highest BCUT2D eigenvalue weighted by atomic mass is 32.2. The SMILES string of the molecule is COc1ccc([C@@H]2CC(c3ccc(C)cc3)=NN2C2=NC(=O)[C@H](CC(=O)Nc3ccc(C)c(F)c3)S2)cc1OC. The van der Waals surface area contributed by atoms with Crippen LogP contribution in [0.2, 0.25) is 0 Å². The van der Waals surface area contributed by atoms with Gasteiger partial charge in [-0.25, -0.2) is 9.40 Å². The molecule has 3 aromatic carbocycles. The van der Waals surface area contributed by atoms with Crippen LogP contribution in [0, 0.1) is 19.7 Å². The van der Waals surface area contributed by atoms with Crippen LogP contribution in [0.25, 0.3) is 0 Å². The zero-order chi connectivity index (χ0) is 28.4. The number of rotatable bonds is 7. The fraction of sp³-hybridized carbons (Fsp3) is 0.267. The standard InChI is InChI=1S/C30H29FN4O4S/c1-17-5-8-19(9-6-17)23-15-24(20-10-12-25(38-3)26(13-20)39-4)35(34-23)30-33-29(37)27(40-30)16-28(36)32-21-11-7-18(2)22(31)14-21/h5-14,24,27H,15-16H2,1-4H3,(H,32,36)/t24-,27-/m0/s1. The second kappa shape index (κ2) is 11.5. The molecule has 1 N–H and O–H groups in total. The van der Waals surface area contributed by atoms with Gasteiger partial charge in [-0.3, -0.25) is 9.59 Å². The minimum atomic E-state index is -0.713. The van der Waals surface area contributed by atoms with E-state index < -0.39 is 22.9 Å². The molecule has 0 saturated heterocycles. The van der Waals surface area contributed by atoms with Gasteiger partial charge in [0.2, 0.25) is 5.91 Å². The van der Waals surface area contributed by atoms with Gasteiger partial charge in [0, 0.05) is 18.5 Å². The number of amides is 2. The van der Waals surface area contributed by atoms with Crippen LogP contribution in [0.15, 0.2) is 70.8 Å². The van der Waals surface area contributed by atoms with Crippen molar-refractivity contribution >= 4 is 40.1 Å². The van der Waals surface area contributed by atoms with E-state index in [0.29, 0.717) is 34.3 Å². The van der Waals surface area contributed by atoms with E-state index in [1.165, 1.54) is 17.8 Å². The first-order chi connectivity index (χ1) is 19.2. The number of halogens is 1. The number of nitrogens with zero attached hydrogens (tertiary/aromatic N) is 3. The number of anilines is 1. The summed E-state index contributed by atoms with van der Waals surface area (Å²) in [4.78, 5) is 29.9. The summed E-state index contributed by atoms with van der Waals surface area (Å²) in [5.41, 5.74) is 4.73. The molecule has 0 bridgehead atoms. The molecule has 8 nitrogen and oxygen atoms in total. The lowest BCUT2D eigenvalue weighted by atomic mass is 9.98. The number of aryl methyl sites for hydroxylation is 2. The molecule has 40 heavy (non-hydrogen) atoms. The molecule has 0 fully saturated rings. The third-order valence-electron chi connectivity index (χ3n) is 6.84. The highest BCUT2D eigenvalue weighted by molar-refractivity contribution is 8.15. The van der Waals surface area contributed by atoms with Crippen molar-refractivity contribution in [2.75, 3.05) is 19.5 Å². The Balaban J connectivity index is 1.38. The summed E-state index contributed by atoms with van der Waals surface area (Å²) in [6.45, 7) is 3.67. The number of hydrogen-bond donors (Lipinski definition) is 1. The number of hydrogen-bond acceptors (Lipinski definition) is 7. The number of carbonyl (C=O) groups excluding carboxylic acids is 2. The summed E-state index contributed by atoms with van der Waals surface area (Å²) in [5.74, 6) is -0.0181. The van der Waals surface area contributed by atoms with E-state index in [0.717, 1.165) is 22.4 Å². The lowest BCUT2D eigenvalue weighted by molar-refractivity contribution is -0.121. The maximum absolute atomic E-state index is 13.9. The number of hydrazone groups is 1. The molecule has 5 rings (SSSR count). The number of aliphatic imine (C=N–C) groups is 1. The number of thioether (sulfide) groups is 1. The largest absolute Gasteiger partial charge is 0.493 e. The van der Waals surface area contributed by atoms with Crippen LogP contribution in [0.3, 0.4) is 0 Å². The normalized spacial score (nSPS) is 18.4. The zero-order valence-corrected chi connectivity index (χ0v) is 23.4. The number of benzene rings is 3. The average molecular weight is 561 g/mol. The van der Waals surface area contributed by atoms with Crippen molar-refractivity contribution in [2.45, 2.75) is 38.0 Å². The molecule has 2 amide bonds. The van der Waals surface area contributed by atoms with Crippen molar-refractivity contribution in [2.24, 2.45) is 10.1 Å². The fourth-order valence-electron chi connectivity index (χ4n) is 4.58. The summed E-state index contributed by atoms with van der Waals surface area (Å²) in [7, 11) is 3.16. The minimum absolute atomic E-state index is 0.102. The van der Waals surface area contributed by atoms with Gasteiger partial charge in [0.05, 0.1) is 26.0 Å². The van der Waals surface area contributed by atoms with Gasteiger partial charge in [-0.15, -0.1) is 0 Å². The second-order valence-corrected chi connectivity index (χ2v) is 10.8. The summed E-state index contributed by atoms with van der Waals surface area (Å²) in [5, 5.41) is 9.03. The van der Waals surface area contributed by atoms with Crippen LogP contribution in [0.1, 0.15) is 41.1 Å². The predicted octanol–water partition coefficient (Wildman–Crippen LogP) is 5.64. The Morgan fingerprint density at radius 1 is 1.05 bits per heavy atom. The van der Waals surface area contributed by atoms with Crippen LogP contribution in [-0.2, 0) is 9.59 Å². The molecular formula is C30H29FN4O4S. The van der Waals surface area contributed by atoms with Gasteiger partial charge in [-0.2, -0.15) is 10.1 Å². The van der Waals surface area contributed by atoms with Crippen LogP contribution < -0.4 is 14.8 Å². The third-order valence-corrected chi connectivity index (χ3v) is 7.98. The van der Waals surface area contributed by atoms with E-state index in [1.54, 1.807) is 38.3 Å². The van der Waals surface area contributed by atoms with Gasteiger partial charge in [0.1, 0.15) is 11.1 Å². The van der Waals surface area contributed by atoms with E-state index in [9.17, 15) is 14.0 Å². The van der Waals surface area contributed by atoms with Crippen molar-refractivity contribution in [3.8, 4) is 11.5 Å². The van der Waals surface area contributed by atoms with Crippen LogP contribution >= 0.6 is 11.8 Å². The summed E-state index contributed by atoms with van der Waals surface area (Å²) in [6.07, 6.45) is 0.478. The molecule has 2 atom stereocenters. The summed E-state index contributed by atoms with van der Waals surface area (Å²) >= 11 is 1.20. The fourth-order valence-corrected chi connectivity index (χ4v) is 5.64. The van der Waals surface area contributed by atoms with Crippen molar-refractivity contribution in [3.05, 3.63) is 88.7 Å². The Morgan fingerprint density at radius 2 is 1.80 bits per heavy atom. The first kappa shape index (κ1) is 27.4. The van der Waals surface area contributed by atoms with E-state index >= 15 is 0 Å². The highest BCUT2D eigenvalue weighted by Crippen LogP contribution is 2.41. The van der Waals surface area contributed by atoms with Gasteiger partial charge in [-0.1, -0.05) is 53.7 Å². The van der Waals surface area contributed by atoms with E-state index in [-0.39, 0.29) is 12.5 Å². The summed E-state index contributed by atoms with van der Waals surface area (Å²) < 4.78 is 24.8. The predicted molar refractivity (Wildman–Crippen MR) is 155 cm³/mol. The van der Waals surface area contributed by atoms with Gasteiger partial charge in [-0.05, 0) is 54.8 Å². The lowest BCUT2D eigenvalue weighted by Crippen LogP contribution is -2.25. The minimum Gasteiger partial charge on any atom is -0.493 e. The number of amidine groups is 1. The smallest absolute Gasteiger partial charge is 0.262 e. The van der Waals surface area contributed by atoms with Crippen molar-refractivity contribution < 1.29 is 23.5 Å². The van der Waals surface area contributed by atoms with Crippen molar-refractivity contribution in [3.63, 3.8) is 0 Å². The number of methoxy groups -OCH3 is 2. The second-order valence-electron chi connectivity index (χ2n) is 9.65. The molecule has 3 aromatic rings. The van der Waals surface area contributed by atoms with Gasteiger partial charge < -0.3 is 14.8 Å². The van der Waals surface area contributed by atoms with Crippen molar-refractivity contribution in [1.29, 1.82) is 0 Å². The molecule has 0 aromatic heterocycles. The quantitative estimate of drug-likeness (QED) is 0.402. The molecule has 2 heterocycles. The molecule has 0 unspecified atom stereocenters. The molecule has 2 aliphatic heterocycles. The Bertz CT molecular complexity index is 1520. The Hall–Kier alpha value is -4.18. The first-order valence-corrected chi connectivity index (χ1v) is 13.6. The molecule has 0 radical (unpaired) electrons. The molecule has 0 saturated carbocycles. The molecule has 0 spiro atoms. The third kappa shape index (κ3) is 5.72. The maximum Gasteiger partial charge on any atom is 0.262 e. The molecule has 10 heteroatoms. The van der Waals surface area contributed by atoms with Crippen LogP contribution in [0.5, 0.6) is 11.5 Å². The molecule has 206 valence electrons. The average Bonchev–Trinajstić information content (AvgIpc) is 3.54. The molecule has 2 aliphatic rings. The lowest BCUT2D eigenvalue weighted by Gasteiger charge is -2.24. The molecular weight excluding hydrogens is 531 g/mol. The van der Waals surface area contributed by atoms with Crippen LogP contribution in [-0.4, -0.2) is 47.2 Å². The maximum atomic E-state index is 13.9. The monoisotopic (exact) mass is 560 g/mol. The topological polar surface area (TPSA) is 92.6 Å². The van der Waals surface area contributed by atoms with Gasteiger partial charge >= 0.3 is 0 Å². The van der Waals surface area contributed by atoms with E-state index in [1.807, 2.05) is 49.4 Å². The van der Waals surface area contributed by atoms with Gasteiger partial charge in [0.25, 0.3) is 5.91 Å². The number of carbonyl (C=O) groups is 2. The Labute approximate surface area is 236 Å². The molecule has 0 aliphatic carbocycles. The van der Waals surface area contributed by atoms with E-state index in [2.05, 4.69) is 10.3 Å². The first-order valence-electron chi connectivity index (χ1n) is 12.8. The van der Waals surface area contributed by atoms with Gasteiger partial charge in [0.15, 0.2) is 16.7 Å². The summed E-state index contributed by atoms with van der Waals surface area (Å²) in [6, 6.07) is 18.0. The van der Waals surface area contributed by atoms with E-state index in [4.69, 9.17) is 14.6 Å². The Morgan fingerprint density at radius 3 is 2.50 bits per heavy atom. The zero-order valence-electron chi connectivity index (χ0n) is 22.6.